The zero-order chi connectivity index (χ0) is 13.9. The van der Waals surface area contributed by atoms with Crippen LogP contribution in [0.2, 0.25) is 0 Å². The Hall–Kier alpha value is -0.510. The number of thioether (sulfide) groups is 1. The second-order valence-corrected chi connectivity index (χ2v) is 7.47. The lowest BCUT2D eigenvalue weighted by Crippen LogP contribution is -2.41. The summed E-state index contributed by atoms with van der Waals surface area (Å²) >= 11 is 1.76. The molecule has 0 saturated carbocycles. The number of hydrogen-bond donors (Lipinski definition) is 2. The Labute approximate surface area is 121 Å². The number of aliphatic hydroxyl groups is 1. The van der Waals surface area contributed by atoms with E-state index in [-0.39, 0.29) is 11.6 Å². The van der Waals surface area contributed by atoms with E-state index in [0.29, 0.717) is 6.54 Å². The SMILES string of the molecule is CC(C)(C)NCC(O)CSc1ccc2c(c1)CCC2. The molecular formula is C16H25NOS. The molecule has 0 radical (unpaired) electrons. The van der Waals surface area contributed by atoms with Gasteiger partial charge in [0, 0.05) is 22.7 Å². The van der Waals surface area contributed by atoms with Gasteiger partial charge in [-0.05, 0) is 63.3 Å². The predicted molar refractivity (Wildman–Crippen MR) is 83.0 cm³/mol. The van der Waals surface area contributed by atoms with E-state index in [9.17, 15) is 5.11 Å². The van der Waals surface area contributed by atoms with Gasteiger partial charge in [0.15, 0.2) is 0 Å². The highest BCUT2D eigenvalue weighted by Gasteiger charge is 2.14. The number of aliphatic hydroxyl groups excluding tert-OH is 1. The molecule has 1 aliphatic carbocycles. The van der Waals surface area contributed by atoms with Crippen molar-refractivity contribution in [3.05, 3.63) is 29.3 Å². The molecule has 106 valence electrons. The average molecular weight is 279 g/mol. The maximum atomic E-state index is 9.98. The quantitative estimate of drug-likeness (QED) is 0.813. The largest absolute Gasteiger partial charge is 0.391 e. The average Bonchev–Trinajstić information content (AvgIpc) is 2.80. The highest BCUT2D eigenvalue weighted by Crippen LogP contribution is 2.27. The maximum Gasteiger partial charge on any atom is 0.0758 e. The number of aryl methyl sites for hydroxylation is 2. The van der Waals surface area contributed by atoms with Crippen LogP contribution in [-0.2, 0) is 12.8 Å². The molecule has 0 fully saturated rings. The summed E-state index contributed by atoms with van der Waals surface area (Å²) in [6.07, 6.45) is 3.45. The van der Waals surface area contributed by atoms with Crippen LogP contribution in [0.15, 0.2) is 23.1 Å². The first-order valence-electron chi connectivity index (χ1n) is 7.12. The summed E-state index contributed by atoms with van der Waals surface area (Å²) in [7, 11) is 0. The van der Waals surface area contributed by atoms with Gasteiger partial charge in [-0.2, -0.15) is 0 Å². The van der Waals surface area contributed by atoms with Gasteiger partial charge >= 0.3 is 0 Å². The molecule has 2 N–H and O–H groups in total. The number of fused-ring (bicyclic) bond motifs is 1. The molecule has 0 spiro atoms. The fourth-order valence-electron chi connectivity index (χ4n) is 2.31. The normalized spacial score (nSPS) is 16.4. The van der Waals surface area contributed by atoms with E-state index in [1.807, 2.05) is 0 Å². The Kier molecular flexibility index (Phi) is 4.93. The molecule has 0 saturated heterocycles. The molecule has 0 aliphatic heterocycles. The number of β-amino-alcohol motifs (C(OH)–C–C–N with tert-alkyl or cyclic N) is 1. The highest BCUT2D eigenvalue weighted by molar-refractivity contribution is 7.99. The van der Waals surface area contributed by atoms with Crippen molar-refractivity contribution in [2.45, 2.75) is 56.6 Å². The van der Waals surface area contributed by atoms with Crippen LogP contribution in [0.1, 0.15) is 38.3 Å². The lowest BCUT2D eigenvalue weighted by Gasteiger charge is -2.22. The Morgan fingerprint density at radius 1 is 1.26 bits per heavy atom. The standard InChI is InChI=1S/C16H25NOS/c1-16(2,3)17-10-14(18)11-19-15-8-7-12-5-4-6-13(12)9-15/h7-9,14,17-18H,4-6,10-11H2,1-3H3. The van der Waals surface area contributed by atoms with Gasteiger partial charge in [0.25, 0.3) is 0 Å². The van der Waals surface area contributed by atoms with Gasteiger partial charge in [0.2, 0.25) is 0 Å². The van der Waals surface area contributed by atoms with Crippen LogP contribution in [0.5, 0.6) is 0 Å². The van der Waals surface area contributed by atoms with Crippen molar-refractivity contribution >= 4 is 11.8 Å². The molecule has 0 amide bonds. The summed E-state index contributed by atoms with van der Waals surface area (Å²) < 4.78 is 0. The van der Waals surface area contributed by atoms with E-state index in [2.05, 4.69) is 44.3 Å². The lowest BCUT2D eigenvalue weighted by atomic mass is 10.1. The molecule has 1 aromatic carbocycles. The van der Waals surface area contributed by atoms with Crippen molar-refractivity contribution < 1.29 is 5.11 Å². The van der Waals surface area contributed by atoms with E-state index in [4.69, 9.17) is 0 Å². The molecule has 1 atom stereocenters. The molecule has 19 heavy (non-hydrogen) atoms. The zero-order valence-electron chi connectivity index (χ0n) is 12.2. The molecule has 2 nitrogen and oxygen atoms in total. The van der Waals surface area contributed by atoms with Gasteiger partial charge in [-0.1, -0.05) is 6.07 Å². The molecular weight excluding hydrogens is 254 g/mol. The molecule has 3 heteroatoms. The number of nitrogens with one attached hydrogen (secondary N) is 1. The van der Waals surface area contributed by atoms with Crippen LogP contribution in [0.25, 0.3) is 0 Å². The molecule has 1 unspecified atom stereocenters. The second-order valence-electron chi connectivity index (χ2n) is 6.38. The molecule has 0 bridgehead atoms. The van der Waals surface area contributed by atoms with Gasteiger partial charge < -0.3 is 10.4 Å². The Morgan fingerprint density at radius 3 is 2.74 bits per heavy atom. The summed E-state index contributed by atoms with van der Waals surface area (Å²) in [4.78, 5) is 1.29. The first kappa shape index (κ1) is 14.9. The minimum absolute atomic E-state index is 0.0687. The molecule has 2 rings (SSSR count). The van der Waals surface area contributed by atoms with Gasteiger partial charge in [-0.25, -0.2) is 0 Å². The Morgan fingerprint density at radius 2 is 2.00 bits per heavy atom. The third-order valence-electron chi connectivity index (χ3n) is 3.38. The van der Waals surface area contributed by atoms with Crippen molar-refractivity contribution in [3.8, 4) is 0 Å². The second kappa shape index (κ2) is 6.29. The predicted octanol–water partition coefficient (Wildman–Crippen LogP) is 3.02. The fraction of sp³-hybridized carbons (Fsp3) is 0.625. The molecule has 1 aliphatic rings. The topological polar surface area (TPSA) is 32.3 Å². The smallest absolute Gasteiger partial charge is 0.0758 e. The Balaban J connectivity index is 1.79. The lowest BCUT2D eigenvalue weighted by molar-refractivity contribution is 0.183. The molecule has 0 heterocycles. The van der Waals surface area contributed by atoms with E-state index >= 15 is 0 Å². The minimum Gasteiger partial charge on any atom is -0.391 e. The third kappa shape index (κ3) is 4.83. The number of hydrogen-bond acceptors (Lipinski definition) is 3. The summed E-state index contributed by atoms with van der Waals surface area (Å²) in [6.45, 7) is 7.01. The third-order valence-corrected chi connectivity index (χ3v) is 4.52. The zero-order valence-corrected chi connectivity index (χ0v) is 13.0. The van der Waals surface area contributed by atoms with Crippen molar-refractivity contribution in [1.82, 2.24) is 5.32 Å². The first-order chi connectivity index (χ1) is 8.94. The van der Waals surface area contributed by atoms with Gasteiger partial charge in [0.05, 0.1) is 6.10 Å². The van der Waals surface area contributed by atoms with Crippen molar-refractivity contribution in [1.29, 1.82) is 0 Å². The fourth-order valence-corrected chi connectivity index (χ4v) is 3.21. The summed E-state index contributed by atoms with van der Waals surface area (Å²) in [5.74, 6) is 0.752. The van der Waals surface area contributed by atoms with Crippen LogP contribution < -0.4 is 5.32 Å². The summed E-state index contributed by atoms with van der Waals surface area (Å²) in [5, 5.41) is 13.3. The van der Waals surface area contributed by atoms with Crippen molar-refractivity contribution in [3.63, 3.8) is 0 Å². The van der Waals surface area contributed by atoms with Crippen molar-refractivity contribution in [2.75, 3.05) is 12.3 Å². The van der Waals surface area contributed by atoms with Crippen LogP contribution in [0.3, 0.4) is 0 Å². The monoisotopic (exact) mass is 279 g/mol. The van der Waals surface area contributed by atoms with Crippen LogP contribution >= 0.6 is 11.8 Å². The van der Waals surface area contributed by atoms with Gasteiger partial charge in [-0.15, -0.1) is 11.8 Å². The molecule has 0 aromatic heterocycles. The van der Waals surface area contributed by atoms with E-state index in [1.54, 1.807) is 11.8 Å². The van der Waals surface area contributed by atoms with Crippen LogP contribution in [-0.4, -0.2) is 29.0 Å². The van der Waals surface area contributed by atoms with Crippen molar-refractivity contribution in [2.24, 2.45) is 0 Å². The van der Waals surface area contributed by atoms with Gasteiger partial charge in [0.1, 0.15) is 0 Å². The summed E-state index contributed by atoms with van der Waals surface area (Å²) in [6, 6.07) is 6.75. The van der Waals surface area contributed by atoms with Gasteiger partial charge in [-0.3, -0.25) is 0 Å². The molecule has 1 aromatic rings. The first-order valence-corrected chi connectivity index (χ1v) is 8.10. The van der Waals surface area contributed by atoms with Crippen LogP contribution in [0.4, 0.5) is 0 Å². The number of rotatable bonds is 5. The minimum atomic E-state index is -0.294. The highest BCUT2D eigenvalue weighted by atomic mass is 32.2. The Bertz CT molecular complexity index is 425. The number of benzene rings is 1. The summed E-state index contributed by atoms with van der Waals surface area (Å²) in [5.41, 5.74) is 3.09. The van der Waals surface area contributed by atoms with Crippen LogP contribution in [0, 0.1) is 0 Å². The van der Waals surface area contributed by atoms with E-state index in [0.717, 1.165) is 5.75 Å². The van der Waals surface area contributed by atoms with E-state index < -0.39 is 0 Å². The maximum absolute atomic E-state index is 9.98. The van der Waals surface area contributed by atoms with E-state index in [1.165, 1.54) is 35.3 Å².